The topological polar surface area (TPSA) is 3.24 Å². The highest BCUT2D eigenvalue weighted by atomic mass is 28.3. The van der Waals surface area contributed by atoms with Crippen LogP contribution in [0.15, 0.2) is 12.2 Å². The van der Waals surface area contributed by atoms with E-state index in [1.165, 1.54) is 57.8 Å². The number of hydrogen-bond donors (Lipinski definition) is 0. The van der Waals surface area contributed by atoms with E-state index in [0.717, 1.165) is 0 Å². The molecule has 19 heavy (non-hydrogen) atoms. The summed E-state index contributed by atoms with van der Waals surface area (Å²) in [6.07, 6.45) is 11.9. The van der Waals surface area contributed by atoms with Gasteiger partial charge in [0.05, 0.1) is 8.07 Å². The van der Waals surface area contributed by atoms with Crippen molar-refractivity contribution in [1.29, 1.82) is 0 Å². The van der Waals surface area contributed by atoms with Crippen LogP contribution in [0.5, 0.6) is 0 Å². The molecule has 1 aliphatic heterocycles. The lowest BCUT2D eigenvalue weighted by Crippen LogP contribution is -2.34. The van der Waals surface area contributed by atoms with Gasteiger partial charge in [-0.1, -0.05) is 57.0 Å². The molecule has 1 saturated heterocycles. The Morgan fingerprint density at radius 1 is 1.00 bits per heavy atom. The molecule has 0 aromatic heterocycles. The zero-order chi connectivity index (χ0) is 14.0. The quantitative estimate of drug-likeness (QED) is 0.387. The van der Waals surface area contributed by atoms with Crippen molar-refractivity contribution in [2.45, 2.75) is 77.1 Å². The van der Waals surface area contributed by atoms with Gasteiger partial charge in [-0.15, -0.1) is 0 Å². The van der Waals surface area contributed by atoms with E-state index >= 15 is 0 Å². The average Bonchev–Trinajstić information content (AvgIpc) is 2.90. The van der Waals surface area contributed by atoms with E-state index in [9.17, 15) is 0 Å². The van der Waals surface area contributed by atoms with Gasteiger partial charge in [0.15, 0.2) is 0 Å². The maximum Gasteiger partial charge on any atom is 0.0573 e. The van der Waals surface area contributed by atoms with Gasteiger partial charge in [0.1, 0.15) is 0 Å². The second-order valence-corrected chi connectivity index (χ2v) is 11.3. The molecule has 0 bridgehead atoms. The second-order valence-electron chi connectivity index (χ2n) is 6.43. The van der Waals surface area contributed by atoms with Crippen LogP contribution in [0.1, 0.15) is 52.9 Å². The Morgan fingerprint density at radius 2 is 1.63 bits per heavy atom. The van der Waals surface area contributed by atoms with E-state index in [2.05, 4.69) is 37.8 Å². The Morgan fingerprint density at radius 3 is 2.16 bits per heavy atom. The largest absolute Gasteiger partial charge is 0.303 e. The fourth-order valence-electron chi connectivity index (χ4n) is 3.79. The third-order valence-electron chi connectivity index (χ3n) is 4.73. The number of rotatable bonds is 10. The van der Waals surface area contributed by atoms with E-state index in [4.69, 9.17) is 0 Å². The van der Waals surface area contributed by atoms with Gasteiger partial charge in [-0.05, 0) is 51.9 Å². The predicted molar refractivity (Wildman–Crippen MR) is 90.7 cm³/mol. The molecule has 1 heterocycles. The Bertz CT molecular complexity index is 238. The molecule has 0 aliphatic carbocycles. The van der Waals surface area contributed by atoms with Gasteiger partial charge in [-0.2, -0.15) is 0 Å². The lowest BCUT2D eigenvalue weighted by molar-refractivity contribution is 0.339. The van der Waals surface area contributed by atoms with Crippen molar-refractivity contribution >= 4 is 8.07 Å². The molecule has 0 radical (unpaired) electrons. The first-order valence-electron chi connectivity index (χ1n) is 8.60. The van der Waals surface area contributed by atoms with Gasteiger partial charge in [-0.25, -0.2) is 0 Å². The van der Waals surface area contributed by atoms with Gasteiger partial charge in [-0.3, -0.25) is 0 Å². The summed E-state index contributed by atoms with van der Waals surface area (Å²) in [6.45, 7) is 11.1. The van der Waals surface area contributed by atoms with Crippen molar-refractivity contribution in [3.63, 3.8) is 0 Å². The monoisotopic (exact) mass is 281 g/mol. The SMILES string of the molecule is CC=CC[Si](CCC)(CCC)CCCN1CCCC1. The summed E-state index contributed by atoms with van der Waals surface area (Å²) in [5, 5.41) is 0. The van der Waals surface area contributed by atoms with Gasteiger partial charge in [0.25, 0.3) is 0 Å². The van der Waals surface area contributed by atoms with Gasteiger partial charge < -0.3 is 4.90 Å². The van der Waals surface area contributed by atoms with Crippen LogP contribution in [0.2, 0.25) is 24.2 Å². The number of hydrogen-bond acceptors (Lipinski definition) is 1. The van der Waals surface area contributed by atoms with Crippen LogP contribution in [-0.2, 0) is 0 Å². The number of likely N-dealkylation sites (tertiary alicyclic amines) is 1. The molecule has 1 nitrogen and oxygen atoms in total. The highest BCUT2D eigenvalue weighted by molar-refractivity contribution is 6.80. The molecule has 1 aliphatic rings. The summed E-state index contributed by atoms with van der Waals surface area (Å²) in [4.78, 5) is 2.69. The summed E-state index contributed by atoms with van der Waals surface area (Å²) >= 11 is 0. The van der Waals surface area contributed by atoms with Crippen LogP contribution in [0, 0.1) is 0 Å². The molecule has 0 atom stereocenters. The molecule has 112 valence electrons. The van der Waals surface area contributed by atoms with Crippen molar-refractivity contribution in [3.05, 3.63) is 12.2 Å². The van der Waals surface area contributed by atoms with Crippen molar-refractivity contribution in [3.8, 4) is 0 Å². The lowest BCUT2D eigenvalue weighted by Gasteiger charge is -2.31. The van der Waals surface area contributed by atoms with Crippen molar-refractivity contribution in [1.82, 2.24) is 4.90 Å². The van der Waals surface area contributed by atoms with E-state index in [-0.39, 0.29) is 0 Å². The maximum atomic E-state index is 2.69. The Kier molecular flexibility index (Phi) is 8.72. The van der Waals surface area contributed by atoms with Crippen LogP contribution < -0.4 is 0 Å². The van der Waals surface area contributed by atoms with Crippen molar-refractivity contribution < 1.29 is 0 Å². The number of nitrogens with zero attached hydrogens (tertiary/aromatic N) is 1. The van der Waals surface area contributed by atoms with E-state index < -0.39 is 8.07 Å². The molecule has 0 aromatic carbocycles. The van der Waals surface area contributed by atoms with E-state index in [1.54, 1.807) is 18.1 Å². The molecule has 0 amide bonds. The molecule has 0 N–H and O–H groups in total. The van der Waals surface area contributed by atoms with Gasteiger partial charge >= 0.3 is 0 Å². The second kappa shape index (κ2) is 9.76. The molecule has 0 aromatic rings. The minimum atomic E-state index is -1.00. The highest BCUT2D eigenvalue weighted by Crippen LogP contribution is 2.31. The molecule has 0 unspecified atom stereocenters. The number of allylic oxidation sites excluding steroid dienone is 2. The van der Waals surface area contributed by atoms with Crippen LogP contribution in [0.3, 0.4) is 0 Å². The van der Waals surface area contributed by atoms with Crippen molar-refractivity contribution in [2.24, 2.45) is 0 Å². The smallest absolute Gasteiger partial charge is 0.0573 e. The third kappa shape index (κ3) is 6.27. The first-order chi connectivity index (χ1) is 9.26. The lowest BCUT2D eigenvalue weighted by atomic mass is 10.4. The molecule has 2 heteroatoms. The van der Waals surface area contributed by atoms with Crippen LogP contribution in [0.25, 0.3) is 0 Å². The van der Waals surface area contributed by atoms with Gasteiger partial charge in [0.2, 0.25) is 0 Å². The third-order valence-corrected chi connectivity index (χ3v) is 10.4. The first kappa shape index (κ1) is 17.0. The summed E-state index contributed by atoms with van der Waals surface area (Å²) in [6, 6.07) is 6.09. The molecular formula is C17H35NSi. The first-order valence-corrected chi connectivity index (χ1v) is 11.4. The fraction of sp³-hybridized carbons (Fsp3) is 0.882. The van der Waals surface area contributed by atoms with Crippen molar-refractivity contribution in [2.75, 3.05) is 19.6 Å². The standard InChI is InChI=1S/C17H35NSi/c1-4-7-16-19(14-5-2,15-6-3)17-10-13-18-11-8-9-12-18/h4,7H,5-6,8-17H2,1-3H3. The van der Waals surface area contributed by atoms with Crippen LogP contribution >= 0.6 is 0 Å². The Hall–Kier alpha value is -0.0831. The normalized spacial score (nSPS) is 17.6. The predicted octanol–water partition coefficient (Wildman–Crippen LogP) is 5.32. The molecule has 1 rings (SSSR count). The maximum absolute atomic E-state index is 2.69. The van der Waals surface area contributed by atoms with E-state index in [0.29, 0.717) is 0 Å². The summed E-state index contributed by atoms with van der Waals surface area (Å²) in [7, 11) is -1.00. The molecular weight excluding hydrogens is 246 g/mol. The highest BCUT2D eigenvalue weighted by Gasteiger charge is 2.29. The summed E-state index contributed by atoms with van der Waals surface area (Å²) < 4.78 is 0. The summed E-state index contributed by atoms with van der Waals surface area (Å²) in [5.74, 6) is 0. The average molecular weight is 282 g/mol. The minimum Gasteiger partial charge on any atom is -0.303 e. The Labute approximate surface area is 122 Å². The molecule has 0 saturated carbocycles. The van der Waals surface area contributed by atoms with Crippen LogP contribution in [0.4, 0.5) is 0 Å². The fourth-order valence-corrected chi connectivity index (χ4v) is 8.92. The van der Waals surface area contributed by atoms with E-state index in [1.807, 2.05) is 0 Å². The van der Waals surface area contributed by atoms with Gasteiger partial charge in [0, 0.05) is 0 Å². The minimum absolute atomic E-state index is 1.00. The zero-order valence-corrected chi connectivity index (χ0v) is 14.6. The zero-order valence-electron chi connectivity index (χ0n) is 13.6. The Balaban J connectivity index is 2.44. The molecule has 0 spiro atoms. The summed E-state index contributed by atoms with van der Waals surface area (Å²) in [5.41, 5.74) is 0. The van der Waals surface area contributed by atoms with Crippen LogP contribution in [-0.4, -0.2) is 32.6 Å². The molecule has 1 fully saturated rings.